The van der Waals surface area contributed by atoms with Crippen LogP contribution in [0.4, 0.5) is 5.69 Å². The van der Waals surface area contributed by atoms with E-state index in [1.807, 2.05) is 7.05 Å². The van der Waals surface area contributed by atoms with Gasteiger partial charge in [-0.15, -0.1) is 24.0 Å². The summed E-state index contributed by atoms with van der Waals surface area (Å²) in [4.78, 5) is 9.31. The molecule has 1 aliphatic heterocycles. The molecule has 0 bridgehead atoms. The summed E-state index contributed by atoms with van der Waals surface area (Å²) in [7, 11) is 1.87. The van der Waals surface area contributed by atoms with Gasteiger partial charge in [0.2, 0.25) is 0 Å². The number of fused-ring (bicyclic) bond motifs is 1. The number of para-hydroxylation sites is 1. The first-order valence-electron chi connectivity index (χ1n) is 8.86. The molecule has 2 rings (SSSR count). The fraction of sp³-hybridized carbons (Fsp3) is 0.632. The smallest absolute Gasteiger partial charge is 0.198 e. The fourth-order valence-corrected chi connectivity index (χ4v) is 3.43. The molecule has 24 heavy (non-hydrogen) atoms. The first-order chi connectivity index (χ1) is 11.0. The minimum atomic E-state index is 0. The van der Waals surface area contributed by atoms with E-state index < -0.39 is 0 Å². The SMILES string of the molecule is CN=C(NCCCN(C(C)C)C(C)C)N1CCc2ccccc21.I. The molecule has 1 aromatic carbocycles. The molecule has 136 valence electrons. The lowest BCUT2D eigenvalue weighted by Gasteiger charge is -2.30. The van der Waals surface area contributed by atoms with Gasteiger partial charge in [-0.3, -0.25) is 9.89 Å². The van der Waals surface area contributed by atoms with Crippen molar-refractivity contribution in [3.63, 3.8) is 0 Å². The van der Waals surface area contributed by atoms with E-state index in [1.165, 1.54) is 11.3 Å². The zero-order valence-corrected chi connectivity index (χ0v) is 18.1. The van der Waals surface area contributed by atoms with Crippen molar-refractivity contribution in [2.45, 2.75) is 52.6 Å². The molecule has 1 N–H and O–H groups in total. The van der Waals surface area contributed by atoms with Crippen molar-refractivity contribution in [2.75, 3.05) is 31.6 Å². The Kier molecular flexibility index (Phi) is 9.05. The van der Waals surface area contributed by atoms with Crippen LogP contribution in [0.2, 0.25) is 0 Å². The van der Waals surface area contributed by atoms with E-state index in [-0.39, 0.29) is 24.0 Å². The van der Waals surface area contributed by atoms with Crippen LogP contribution in [0.25, 0.3) is 0 Å². The van der Waals surface area contributed by atoms with E-state index in [4.69, 9.17) is 0 Å². The van der Waals surface area contributed by atoms with Gasteiger partial charge in [0.25, 0.3) is 0 Å². The normalized spacial score (nSPS) is 14.3. The summed E-state index contributed by atoms with van der Waals surface area (Å²) in [5.74, 6) is 0.996. The average Bonchev–Trinajstić information content (AvgIpc) is 2.94. The summed E-state index contributed by atoms with van der Waals surface area (Å²) < 4.78 is 0. The van der Waals surface area contributed by atoms with Crippen molar-refractivity contribution in [3.8, 4) is 0 Å². The number of rotatable bonds is 6. The Morgan fingerprint density at radius 3 is 2.50 bits per heavy atom. The second-order valence-corrected chi connectivity index (χ2v) is 6.78. The number of aliphatic imine (C=N–C) groups is 1. The number of hydrogen-bond acceptors (Lipinski definition) is 2. The van der Waals surface area contributed by atoms with Gasteiger partial charge in [0.05, 0.1) is 0 Å². The average molecular weight is 444 g/mol. The largest absolute Gasteiger partial charge is 0.356 e. The van der Waals surface area contributed by atoms with Crippen molar-refractivity contribution in [1.29, 1.82) is 0 Å². The molecule has 0 aliphatic carbocycles. The van der Waals surface area contributed by atoms with E-state index in [2.05, 4.69) is 72.1 Å². The van der Waals surface area contributed by atoms with E-state index in [0.29, 0.717) is 12.1 Å². The molecule has 0 spiro atoms. The van der Waals surface area contributed by atoms with Gasteiger partial charge >= 0.3 is 0 Å². The third-order valence-electron chi connectivity index (χ3n) is 4.56. The Hall–Kier alpha value is -0.820. The minimum Gasteiger partial charge on any atom is -0.356 e. The highest BCUT2D eigenvalue weighted by Crippen LogP contribution is 2.27. The molecule has 5 heteroatoms. The van der Waals surface area contributed by atoms with Crippen LogP contribution in [0.15, 0.2) is 29.3 Å². The van der Waals surface area contributed by atoms with Gasteiger partial charge in [0.15, 0.2) is 5.96 Å². The van der Waals surface area contributed by atoms with E-state index in [1.54, 1.807) is 0 Å². The third-order valence-corrected chi connectivity index (χ3v) is 4.56. The van der Waals surface area contributed by atoms with Gasteiger partial charge in [0, 0.05) is 44.5 Å². The molecule has 0 aromatic heterocycles. The van der Waals surface area contributed by atoms with Crippen molar-refractivity contribution < 1.29 is 0 Å². The van der Waals surface area contributed by atoms with Crippen molar-refractivity contribution in [2.24, 2.45) is 4.99 Å². The van der Waals surface area contributed by atoms with Crippen LogP contribution in [0, 0.1) is 0 Å². The first kappa shape index (κ1) is 21.2. The summed E-state index contributed by atoms with van der Waals surface area (Å²) in [5, 5.41) is 3.53. The number of nitrogens with zero attached hydrogens (tertiary/aromatic N) is 3. The van der Waals surface area contributed by atoms with Crippen LogP contribution in [0.5, 0.6) is 0 Å². The van der Waals surface area contributed by atoms with Crippen LogP contribution in [0.3, 0.4) is 0 Å². The maximum absolute atomic E-state index is 4.47. The number of anilines is 1. The molecule has 0 saturated carbocycles. The summed E-state index contributed by atoms with van der Waals surface area (Å²) in [6, 6.07) is 9.82. The quantitative estimate of drug-likeness (QED) is 0.314. The van der Waals surface area contributed by atoms with Gasteiger partial charge in [-0.1, -0.05) is 18.2 Å². The number of nitrogens with one attached hydrogen (secondary N) is 1. The van der Waals surface area contributed by atoms with Gasteiger partial charge in [-0.2, -0.15) is 0 Å². The maximum atomic E-state index is 4.47. The van der Waals surface area contributed by atoms with Crippen LogP contribution in [-0.2, 0) is 6.42 Å². The summed E-state index contributed by atoms with van der Waals surface area (Å²) in [6.07, 6.45) is 2.23. The zero-order chi connectivity index (χ0) is 16.8. The topological polar surface area (TPSA) is 30.9 Å². The third kappa shape index (κ3) is 5.34. The summed E-state index contributed by atoms with van der Waals surface area (Å²) in [6.45, 7) is 12.2. The lowest BCUT2D eigenvalue weighted by atomic mass is 10.2. The van der Waals surface area contributed by atoms with Crippen molar-refractivity contribution >= 4 is 35.6 Å². The summed E-state index contributed by atoms with van der Waals surface area (Å²) in [5.41, 5.74) is 2.72. The number of halogens is 1. The molecular formula is C19H33IN4. The van der Waals surface area contributed by atoms with E-state index >= 15 is 0 Å². The predicted molar refractivity (Wildman–Crippen MR) is 116 cm³/mol. The Bertz CT molecular complexity index is 520. The van der Waals surface area contributed by atoms with Gasteiger partial charge in [-0.05, 0) is 52.2 Å². The summed E-state index contributed by atoms with van der Waals surface area (Å²) >= 11 is 0. The monoisotopic (exact) mass is 444 g/mol. The van der Waals surface area contributed by atoms with Crippen molar-refractivity contribution in [1.82, 2.24) is 10.2 Å². The molecule has 1 aromatic rings. The van der Waals surface area contributed by atoms with Crippen molar-refractivity contribution in [3.05, 3.63) is 29.8 Å². The van der Waals surface area contributed by atoms with Crippen LogP contribution in [0.1, 0.15) is 39.7 Å². The number of guanidine groups is 1. The Labute approximate surface area is 164 Å². The second kappa shape index (κ2) is 10.2. The molecule has 1 heterocycles. The van der Waals surface area contributed by atoms with E-state index in [9.17, 15) is 0 Å². The molecular weight excluding hydrogens is 411 g/mol. The number of benzene rings is 1. The van der Waals surface area contributed by atoms with Gasteiger partial charge in [0.1, 0.15) is 0 Å². The number of hydrogen-bond donors (Lipinski definition) is 1. The van der Waals surface area contributed by atoms with E-state index in [0.717, 1.165) is 38.4 Å². The molecule has 0 radical (unpaired) electrons. The highest BCUT2D eigenvalue weighted by molar-refractivity contribution is 14.0. The van der Waals surface area contributed by atoms with Crippen LogP contribution < -0.4 is 10.2 Å². The van der Waals surface area contributed by atoms with Gasteiger partial charge in [-0.25, -0.2) is 0 Å². The highest BCUT2D eigenvalue weighted by Gasteiger charge is 2.22. The van der Waals surface area contributed by atoms with Crippen LogP contribution in [-0.4, -0.2) is 49.6 Å². The lowest BCUT2D eigenvalue weighted by Crippen LogP contribution is -2.43. The molecule has 4 nitrogen and oxygen atoms in total. The molecule has 1 aliphatic rings. The predicted octanol–water partition coefficient (Wildman–Crippen LogP) is 3.75. The maximum Gasteiger partial charge on any atom is 0.198 e. The fourth-order valence-electron chi connectivity index (χ4n) is 3.43. The van der Waals surface area contributed by atoms with Gasteiger partial charge < -0.3 is 10.2 Å². The molecule has 0 fully saturated rings. The minimum absolute atomic E-state index is 0. The molecule has 0 saturated heterocycles. The first-order valence-corrected chi connectivity index (χ1v) is 8.86. The Balaban J connectivity index is 0.00000288. The van der Waals surface area contributed by atoms with Crippen LogP contribution >= 0.6 is 24.0 Å². The Morgan fingerprint density at radius 1 is 1.21 bits per heavy atom. The highest BCUT2D eigenvalue weighted by atomic mass is 127. The molecule has 0 atom stereocenters. The lowest BCUT2D eigenvalue weighted by molar-refractivity contribution is 0.173. The molecule has 0 amide bonds. The standard InChI is InChI=1S/C19H32N4.HI/c1-15(2)22(16(3)4)13-8-12-21-19(20-5)23-14-11-17-9-6-7-10-18(17)23;/h6-7,9-10,15-16H,8,11-14H2,1-5H3,(H,20,21);1H. The molecule has 0 unspecified atom stereocenters. The zero-order valence-electron chi connectivity index (χ0n) is 15.7. The second-order valence-electron chi connectivity index (χ2n) is 6.78. The Morgan fingerprint density at radius 2 is 1.88 bits per heavy atom.